The van der Waals surface area contributed by atoms with E-state index in [1.165, 1.54) is 5.56 Å². The summed E-state index contributed by atoms with van der Waals surface area (Å²) in [6, 6.07) is 15.7. The minimum absolute atomic E-state index is 0.0541. The van der Waals surface area contributed by atoms with E-state index in [1.54, 1.807) is 0 Å². The van der Waals surface area contributed by atoms with Crippen LogP contribution < -0.4 is 10.6 Å². The van der Waals surface area contributed by atoms with Crippen LogP contribution in [0.4, 0.5) is 5.69 Å². The summed E-state index contributed by atoms with van der Waals surface area (Å²) < 4.78 is 0. The van der Waals surface area contributed by atoms with Gasteiger partial charge in [-0.25, -0.2) is 0 Å². The monoisotopic (exact) mass is 300 g/mol. The number of halogens is 1. The summed E-state index contributed by atoms with van der Waals surface area (Å²) in [5.41, 5.74) is 3.31. The van der Waals surface area contributed by atoms with Crippen LogP contribution in [-0.4, -0.2) is 12.5 Å². The first-order valence-corrected chi connectivity index (χ1v) is 7.45. The lowest BCUT2D eigenvalue weighted by atomic mass is 9.97. The minimum atomic E-state index is 0.0541. The summed E-state index contributed by atoms with van der Waals surface area (Å²) >= 11 is 6.08. The number of nitrogens with one attached hydrogen (secondary N) is 2. The summed E-state index contributed by atoms with van der Waals surface area (Å²) in [6.07, 6.45) is 0.495. The molecule has 2 N–H and O–H groups in total. The molecule has 3 rings (SSSR count). The van der Waals surface area contributed by atoms with E-state index in [0.717, 1.165) is 17.8 Å². The molecule has 1 unspecified atom stereocenters. The number of amides is 1. The van der Waals surface area contributed by atoms with Gasteiger partial charge >= 0.3 is 0 Å². The van der Waals surface area contributed by atoms with Gasteiger partial charge in [-0.3, -0.25) is 4.79 Å². The molecule has 3 nitrogen and oxygen atoms in total. The van der Waals surface area contributed by atoms with Crippen molar-refractivity contribution < 1.29 is 4.79 Å². The molecule has 0 spiro atoms. The fourth-order valence-electron chi connectivity index (χ4n) is 2.67. The fourth-order valence-corrected chi connectivity index (χ4v) is 2.87. The fraction of sp³-hybridized carbons (Fsp3) is 0.235. The van der Waals surface area contributed by atoms with Crippen LogP contribution in [0.25, 0.3) is 0 Å². The van der Waals surface area contributed by atoms with Crippen LogP contribution in [-0.2, 0) is 11.3 Å². The second kappa shape index (κ2) is 6.19. The second-order valence-electron chi connectivity index (χ2n) is 5.24. The molecule has 1 aliphatic heterocycles. The van der Waals surface area contributed by atoms with Crippen molar-refractivity contribution >= 4 is 23.2 Å². The Morgan fingerprint density at radius 2 is 1.95 bits per heavy atom. The molecule has 1 atom stereocenters. The van der Waals surface area contributed by atoms with E-state index in [-0.39, 0.29) is 11.8 Å². The summed E-state index contributed by atoms with van der Waals surface area (Å²) in [5.74, 6) is 0.297. The van der Waals surface area contributed by atoms with E-state index >= 15 is 0 Å². The Bertz CT molecular complexity index is 657. The van der Waals surface area contributed by atoms with E-state index in [1.807, 2.05) is 36.4 Å². The van der Waals surface area contributed by atoms with Crippen LogP contribution in [0, 0.1) is 0 Å². The van der Waals surface area contributed by atoms with E-state index < -0.39 is 0 Å². The van der Waals surface area contributed by atoms with Gasteiger partial charge in [-0.1, -0.05) is 48.0 Å². The molecule has 1 heterocycles. The number of fused-ring (bicyclic) bond motifs is 1. The van der Waals surface area contributed by atoms with Crippen molar-refractivity contribution in [1.82, 2.24) is 5.32 Å². The highest BCUT2D eigenvalue weighted by Gasteiger charge is 2.23. The van der Waals surface area contributed by atoms with Crippen molar-refractivity contribution in [2.24, 2.45) is 0 Å². The molecular formula is C17H17ClN2O. The van der Waals surface area contributed by atoms with Gasteiger partial charge in [0.15, 0.2) is 0 Å². The lowest BCUT2D eigenvalue weighted by Crippen LogP contribution is -2.25. The number of hydrogen-bond acceptors (Lipinski definition) is 2. The number of benzene rings is 2. The van der Waals surface area contributed by atoms with Crippen LogP contribution in [0.2, 0.25) is 5.02 Å². The van der Waals surface area contributed by atoms with Crippen molar-refractivity contribution in [1.29, 1.82) is 0 Å². The van der Waals surface area contributed by atoms with Gasteiger partial charge in [0, 0.05) is 36.1 Å². The number of carbonyl (C=O) groups is 1. The molecule has 0 bridgehead atoms. The van der Waals surface area contributed by atoms with Gasteiger partial charge in [-0.2, -0.15) is 0 Å². The SMILES string of the molecule is O=C(CC1CNc2ccccc21)NCc1ccccc1Cl. The van der Waals surface area contributed by atoms with Gasteiger partial charge in [-0.05, 0) is 23.3 Å². The third-order valence-corrected chi connectivity index (χ3v) is 4.17. The maximum Gasteiger partial charge on any atom is 0.220 e. The molecule has 0 aromatic heterocycles. The maximum absolute atomic E-state index is 12.1. The van der Waals surface area contributed by atoms with Gasteiger partial charge < -0.3 is 10.6 Å². The molecule has 2 aromatic carbocycles. The lowest BCUT2D eigenvalue weighted by molar-refractivity contribution is -0.121. The van der Waals surface area contributed by atoms with Crippen molar-refractivity contribution in [3.05, 3.63) is 64.7 Å². The van der Waals surface area contributed by atoms with E-state index in [2.05, 4.69) is 22.8 Å². The molecule has 1 amide bonds. The predicted molar refractivity (Wildman–Crippen MR) is 85.6 cm³/mol. The van der Waals surface area contributed by atoms with Gasteiger partial charge in [0.1, 0.15) is 0 Å². The zero-order valence-electron chi connectivity index (χ0n) is 11.6. The third kappa shape index (κ3) is 3.19. The van der Waals surface area contributed by atoms with Gasteiger partial charge in [0.05, 0.1) is 0 Å². The molecule has 0 saturated carbocycles. The van der Waals surface area contributed by atoms with E-state index in [4.69, 9.17) is 11.6 Å². The van der Waals surface area contributed by atoms with Gasteiger partial charge in [0.2, 0.25) is 5.91 Å². The minimum Gasteiger partial charge on any atom is -0.384 e. The van der Waals surface area contributed by atoms with Crippen molar-refractivity contribution in [2.45, 2.75) is 18.9 Å². The lowest BCUT2D eigenvalue weighted by Gasteiger charge is -2.11. The molecule has 108 valence electrons. The Kier molecular flexibility index (Phi) is 4.11. The average molecular weight is 301 g/mol. The Balaban J connectivity index is 1.57. The number of hydrogen-bond donors (Lipinski definition) is 2. The predicted octanol–water partition coefficient (Wildman–Crippen LogP) is 3.56. The summed E-state index contributed by atoms with van der Waals surface area (Å²) in [5, 5.41) is 6.97. The first-order chi connectivity index (χ1) is 10.2. The third-order valence-electron chi connectivity index (χ3n) is 3.81. The highest BCUT2D eigenvalue weighted by Crippen LogP contribution is 2.33. The topological polar surface area (TPSA) is 41.1 Å². The number of para-hydroxylation sites is 1. The van der Waals surface area contributed by atoms with Crippen molar-refractivity contribution in [3.63, 3.8) is 0 Å². The first kappa shape index (κ1) is 14.0. The number of anilines is 1. The highest BCUT2D eigenvalue weighted by atomic mass is 35.5. The molecule has 0 saturated heterocycles. The molecular weight excluding hydrogens is 284 g/mol. The normalized spacial score (nSPS) is 16.1. The molecule has 1 aliphatic rings. The van der Waals surface area contributed by atoms with Crippen molar-refractivity contribution in [2.75, 3.05) is 11.9 Å². The first-order valence-electron chi connectivity index (χ1n) is 7.07. The van der Waals surface area contributed by atoms with Crippen LogP contribution in [0.15, 0.2) is 48.5 Å². The Morgan fingerprint density at radius 3 is 2.81 bits per heavy atom. The molecule has 4 heteroatoms. The zero-order chi connectivity index (χ0) is 14.7. The van der Waals surface area contributed by atoms with Crippen LogP contribution >= 0.6 is 11.6 Å². The quantitative estimate of drug-likeness (QED) is 0.906. The van der Waals surface area contributed by atoms with Gasteiger partial charge in [-0.15, -0.1) is 0 Å². The molecule has 21 heavy (non-hydrogen) atoms. The van der Waals surface area contributed by atoms with E-state index in [9.17, 15) is 4.79 Å². The Hall–Kier alpha value is -2.00. The average Bonchev–Trinajstić information content (AvgIpc) is 2.90. The van der Waals surface area contributed by atoms with Crippen LogP contribution in [0.5, 0.6) is 0 Å². The van der Waals surface area contributed by atoms with Crippen LogP contribution in [0.3, 0.4) is 0 Å². The highest BCUT2D eigenvalue weighted by molar-refractivity contribution is 6.31. The molecule has 0 aliphatic carbocycles. The molecule has 0 fully saturated rings. The van der Waals surface area contributed by atoms with E-state index in [0.29, 0.717) is 18.0 Å². The molecule has 2 aromatic rings. The zero-order valence-corrected chi connectivity index (χ0v) is 12.4. The second-order valence-corrected chi connectivity index (χ2v) is 5.64. The Morgan fingerprint density at radius 1 is 1.19 bits per heavy atom. The standard InChI is InChI=1S/C17H17ClN2O/c18-15-7-3-1-5-12(15)10-20-17(21)9-13-11-19-16-8-4-2-6-14(13)16/h1-8,13,19H,9-11H2,(H,20,21). The largest absolute Gasteiger partial charge is 0.384 e. The summed E-state index contributed by atoms with van der Waals surface area (Å²) in [7, 11) is 0. The van der Waals surface area contributed by atoms with Crippen LogP contribution in [0.1, 0.15) is 23.5 Å². The Labute approximate surface area is 129 Å². The summed E-state index contributed by atoms with van der Waals surface area (Å²) in [4.78, 5) is 12.1. The number of rotatable bonds is 4. The van der Waals surface area contributed by atoms with Gasteiger partial charge in [0.25, 0.3) is 0 Å². The maximum atomic E-state index is 12.1. The smallest absolute Gasteiger partial charge is 0.220 e. The van der Waals surface area contributed by atoms with Crippen molar-refractivity contribution in [3.8, 4) is 0 Å². The number of carbonyl (C=O) groups excluding carboxylic acids is 1. The molecule has 0 radical (unpaired) electrons. The summed E-state index contributed by atoms with van der Waals surface area (Å²) in [6.45, 7) is 1.29.